The van der Waals surface area contributed by atoms with E-state index in [1.54, 1.807) is 4.90 Å². The number of rotatable bonds is 1. The average Bonchev–Trinajstić information content (AvgIpc) is 2.68. The predicted octanol–water partition coefficient (Wildman–Crippen LogP) is 3.83. The number of hydrogen-bond donors (Lipinski definition) is 0. The fourth-order valence-electron chi connectivity index (χ4n) is 2.60. The molecule has 0 unspecified atom stereocenters. The summed E-state index contributed by atoms with van der Waals surface area (Å²) in [6.07, 6.45) is 3.87. The van der Waals surface area contributed by atoms with Gasteiger partial charge in [0.05, 0.1) is 0 Å². The maximum atomic E-state index is 12.1. The van der Waals surface area contributed by atoms with Gasteiger partial charge in [-0.2, -0.15) is 0 Å². The summed E-state index contributed by atoms with van der Waals surface area (Å²) in [5.74, 6) is 0. The quantitative estimate of drug-likeness (QED) is 0.718. The maximum Gasteiger partial charge on any atom is 0.410 e. The van der Waals surface area contributed by atoms with E-state index in [0.717, 1.165) is 25.0 Å². The van der Waals surface area contributed by atoms with Crippen LogP contribution in [0.3, 0.4) is 0 Å². The first-order valence-corrected chi connectivity index (χ1v) is 6.83. The Bertz CT molecular complexity index is 477. The Hall–Kier alpha value is -1.51. The van der Waals surface area contributed by atoms with Crippen molar-refractivity contribution in [2.24, 2.45) is 0 Å². The average molecular weight is 261 g/mol. The molecule has 0 spiro atoms. The molecule has 0 aromatic heterocycles. The summed E-state index contributed by atoms with van der Waals surface area (Å²) in [6, 6.07) is 0. The fraction of sp³-hybridized carbons (Fsp3) is 0.562. The normalized spacial score (nSPS) is 19.2. The minimum Gasteiger partial charge on any atom is -0.444 e. The van der Waals surface area contributed by atoms with Crippen LogP contribution in [0.15, 0.2) is 34.9 Å². The zero-order valence-corrected chi connectivity index (χ0v) is 12.4. The molecule has 3 nitrogen and oxygen atoms in total. The van der Waals surface area contributed by atoms with Gasteiger partial charge < -0.3 is 9.64 Å². The second-order valence-corrected chi connectivity index (χ2v) is 6.34. The first kappa shape index (κ1) is 13.9. The SMILES string of the molecule is C=C(C)C1=CCC2=C1CCN(C(=O)OC(C)(C)C)C2. The third-order valence-electron chi connectivity index (χ3n) is 3.43. The van der Waals surface area contributed by atoms with Crippen molar-refractivity contribution in [3.63, 3.8) is 0 Å². The summed E-state index contributed by atoms with van der Waals surface area (Å²) in [4.78, 5) is 13.9. The van der Waals surface area contributed by atoms with Crippen LogP contribution in [0.25, 0.3) is 0 Å². The highest BCUT2D eigenvalue weighted by Gasteiger charge is 2.29. The number of ether oxygens (including phenoxy) is 1. The molecule has 19 heavy (non-hydrogen) atoms. The third kappa shape index (κ3) is 3.09. The monoisotopic (exact) mass is 261 g/mol. The molecule has 2 aliphatic rings. The molecule has 2 rings (SSSR count). The van der Waals surface area contributed by atoms with Crippen LogP contribution in [-0.4, -0.2) is 29.7 Å². The second kappa shape index (κ2) is 4.87. The predicted molar refractivity (Wildman–Crippen MR) is 77.0 cm³/mol. The van der Waals surface area contributed by atoms with Gasteiger partial charge >= 0.3 is 6.09 Å². The van der Waals surface area contributed by atoms with Crippen molar-refractivity contribution in [2.45, 2.75) is 46.1 Å². The lowest BCUT2D eigenvalue weighted by Crippen LogP contribution is -2.40. The topological polar surface area (TPSA) is 29.5 Å². The molecule has 0 bridgehead atoms. The molecule has 0 aromatic carbocycles. The van der Waals surface area contributed by atoms with Crippen LogP contribution in [-0.2, 0) is 4.74 Å². The van der Waals surface area contributed by atoms with E-state index in [1.165, 1.54) is 16.7 Å². The van der Waals surface area contributed by atoms with E-state index >= 15 is 0 Å². The molecule has 3 heteroatoms. The van der Waals surface area contributed by atoms with Gasteiger partial charge in [-0.05, 0) is 57.3 Å². The van der Waals surface area contributed by atoms with Crippen molar-refractivity contribution in [2.75, 3.05) is 13.1 Å². The van der Waals surface area contributed by atoms with Gasteiger partial charge in [0, 0.05) is 13.1 Å². The van der Waals surface area contributed by atoms with Gasteiger partial charge in [-0.15, -0.1) is 0 Å². The minimum atomic E-state index is -0.428. The van der Waals surface area contributed by atoms with E-state index in [9.17, 15) is 4.79 Å². The number of hydrogen-bond acceptors (Lipinski definition) is 2. The van der Waals surface area contributed by atoms with Crippen LogP contribution >= 0.6 is 0 Å². The summed E-state index contributed by atoms with van der Waals surface area (Å²) in [5.41, 5.74) is 4.72. The van der Waals surface area contributed by atoms with E-state index < -0.39 is 5.60 Å². The van der Waals surface area contributed by atoms with Crippen LogP contribution in [0.4, 0.5) is 4.79 Å². The molecule has 0 radical (unpaired) electrons. The van der Waals surface area contributed by atoms with E-state index in [0.29, 0.717) is 6.54 Å². The zero-order chi connectivity index (χ0) is 14.2. The molecule has 0 fully saturated rings. The van der Waals surface area contributed by atoms with Crippen molar-refractivity contribution in [3.8, 4) is 0 Å². The smallest absolute Gasteiger partial charge is 0.410 e. The lowest BCUT2D eigenvalue weighted by atomic mass is 9.95. The Morgan fingerprint density at radius 2 is 2.11 bits per heavy atom. The summed E-state index contributed by atoms with van der Waals surface area (Å²) in [6.45, 7) is 13.2. The Morgan fingerprint density at radius 3 is 2.68 bits per heavy atom. The zero-order valence-electron chi connectivity index (χ0n) is 12.4. The van der Waals surface area contributed by atoms with E-state index in [1.807, 2.05) is 27.7 Å². The molecule has 1 amide bonds. The lowest BCUT2D eigenvalue weighted by molar-refractivity contribution is 0.0260. The van der Waals surface area contributed by atoms with Crippen molar-refractivity contribution >= 4 is 6.09 Å². The summed E-state index contributed by atoms with van der Waals surface area (Å²) >= 11 is 0. The number of allylic oxidation sites excluding steroid dienone is 3. The van der Waals surface area contributed by atoms with Gasteiger partial charge in [0.2, 0.25) is 0 Å². The molecule has 0 saturated heterocycles. The third-order valence-corrected chi connectivity index (χ3v) is 3.43. The second-order valence-electron chi connectivity index (χ2n) is 6.34. The summed E-state index contributed by atoms with van der Waals surface area (Å²) in [7, 11) is 0. The summed E-state index contributed by atoms with van der Waals surface area (Å²) < 4.78 is 5.43. The first-order valence-electron chi connectivity index (χ1n) is 6.83. The van der Waals surface area contributed by atoms with Crippen LogP contribution in [0.2, 0.25) is 0 Å². The molecule has 104 valence electrons. The van der Waals surface area contributed by atoms with Gasteiger partial charge in [-0.25, -0.2) is 4.79 Å². The van der Waals surface area contributed by atoms with Crippen molar-refractivity contribution < 1.29 is 9.53 Å². The highest BCUT2D eigenvalue weighted by atomic mass is 16.6. The minimum absolute atomic E-state index is 0.206. The lowest BCUT2D eigenvalue weighted by Gasteiger charge is -2.31. The molecule has 1 heterocycles. The van der Waals surface area contributed by atoms with Gasteiger partial charge in [0.15, 0.2) is 0 Å². The number of carbonyl (C=O) groups excluding carboxylic acids is 1. The van der Waals surface area contributed by atoms with Crippen LogP contribution in [0.1, 0.15) is 40.5 Å². The van der Waals surface area contributed by atoms with Gasteiger partial charge in [-0.3, -0.25) is 0 Å². The summed E-state index contributed by atoms with van der Waals surface area (Å²) in [5, 5.41) is 0. The highest BCUT2D eigenvalue weighted by Crippen LogP contribution is 2.36. The van der Waals surface area contributed by atoms with Crippen molar-refractivity contribution in [3.05, 3.63) is 34.9 Å². The number of carbonyl (C=O) groups is 1. The Labute approximate surface area is 115 Å². The molecular weight excluding hydrogens is 238 g/mol. The van der Waals surface area contributed by atoms with E-state index in [-0.39, 0.29) is 6.09 Å². The van der Waals surface area contributed by atoms with Gasteiger partial charge in [-0.1, -0.05) is 18.2 Å². The Kier molecular flexibility index (Phi) is 3.57. The van der Waals surface area contributed by atoms with Crippen molar-refractivity contribution in [1.29, 1.82) is 0 Å². The maximum absolute atomic E-state index is 12.1. The van der Waals surface area contributed by atoms with Crippen LogP contribution in [0.5, 0.6) is 0 Å². The van der Waals surface area contributed by atoms with Gasteiger partial charge in [0.25, 0.3) is 0 Å². The van der Waals surface area contributed by atoms with E-state index in [2.05, 4.69) is 12.7 Å². The number of amides is 1. The Balaban J connectivity index is 2.04. The molecular formula is C16H23NO2. The van der Waals surface area contributed by atoms with Gasteiger partial charge in [0.1, 0.15) is 5.60 Å². The molecule has 1 aliphatic heterocycles. The number of nitrogens with zero attached hydrogens (tertiary/aromatic N) is 1. The molecule has 1 aliphatic carbocycles. The van der Waals surface area contributed by atoms with E-state index in [4.69, 9.17) is 4.74 Å². The molecule has 0 N–H and O–H groups in total. The molecule has 0 atom stereocenters. The standard InChI is InChI=1S/C16H23NO2/c1-11(2)13-7-6-12-10-17(9-8-14(12)13)15(18)19-16(3,4)5/h7H,1,6,8-10H2,2-5H3. The molecule has 0 aromatic rings. The largest absolute Gasteiger partial charge is 0.444 e. The van der Waals surface area contributed by atoms with Crippen molar-refractivity contribution in [1.82, 2.24) is 4.90 Å². The van der Waals surface area contributed by atoms with Crippen LogP contribution < -0.4 is 0 Å². The molecule has 0 saturated carbocycles. The fourth-order valence-corrected chi connectivity index (χ4v) is 2.60. The first-order chi connectivity index (χ1) is 8.78. The van der Waals surface area contributed by atoms with Crippen LogP contribution in [0, 0.1) is 0 Å². The highest BCUT2D eigenvalue weighted by molar-refractivity contribution is 5.69. The Morgan fingerprint density at radius 1 is 1.42 bits per heavy atom.